The summed E-state index contributed by atoms with van der Waals surface area (Å²) >= 11 is 1.43. The molecule has 0 bridgehead atoms. The molecule has 0 saturated heterocycles. The van der Waals surface area contributed by atoms with Gasteiger partial charge in [-0.15, -0.1) is 11.3 Å². The summed E-state index contributed by atoms with van der Waals surface area (Å²) in [7, 11) is 2.89. The lowest BCUT2D eigenvalue weighted by molar-refractivity contribution is -0.0512. The van der Waals surface area contributed by atoms with Crippen molar-refractivity contribution in [1.82, 2.24) is 4.98 Å². The van der Waals surface area contributed by atoms with Crippen molar-refractivity contribution in [2.75, 3.05) is 14.2 Å². The second-order valence-electron chi connectivity index (χ2n) is 5.69. The molecule has 0 aliphatic carbocycles. The Labute approximate surface area is 169 Å². The highest BCUT2D eigenvalue weighted by atomic mass is 32.1. The average molecular weight is 421 g/mol. The molecule has 0 unspecified atom stereocenters. The minimum Gasteiger partial charge on any atom is -0.497 e. The number of aromatic nitrogens is 1. The van der Waals surface area contributed by atoms with Crippen molar-refractivity contribution < 1.29 is 32.5 Å². The first-order valence-corrected chi connectivity index (χ1v) is 9.27. The number of methoxy groups -OCH3 is 2. The second kappa shape index (κ2) is 9.33. The van der Waals surface area contributed by atoms with Gasteiger partial charge in [0.25, 0.3) is 0 Å². The van der Waals surface area contributed by atoms with Crippen LogP contribution in [-0.4, -0.2) is 31.8 Å². The topological polar surface area (TPSA) is 66.9 Å². The van der Waals surface area contributed by atoms with E-state index >= 15 is 0 Å². The number of hydrogen-bond acceptors (Lipinski definition) is 7. The molecule has 0 aliphatic rings. The molecule has 9 heteroatoms. The summed E-state index contributed by atoms with van der Waals surface area (Å²) in [5.74, 6) is -0.0383. The molecule has 0 spiro atoms. The van der Waals surface area contributed by atoms with Crippen LogP contribution in [0, 0.1) is 0 Å². The maximum absolute atomic E-state index is 12.4. The number of hydrogen-bond donors (Lipinski definition) is 0. The number of halogens is 2. The monoisotopic (exact) mass is 421 g/mol. The lowest BCUT2D eigenvalue weighted by atomic mass is 10.2. The van der Waals surface area contributed by atoms with Crippen molar-refractivity contribution in [3.05, 3.63) is 59.1 Å². The minimum atomic E-state index is -2.99. The lowest BCUT2D eigenvalue weighted by Crippen LogP contribution is -2.07. The van der Waals surface area contributed by atoms with Crippen molar-refractivity contribution in [1.29, 1.82) is 0 Å². The van der Waals surface area contributed by atoms with Gasteiger partial charge in [-0.25, -0.2) is 9.78 Å². The summed E-state index contributed by atoms with van der Waals surface area (Å²) in [4.78, 5) is 16.7. The smallest absolute Gasteiger partial charge is 0.387 e. The van der Waals surface area contributed by atoms with Crippen LogP contribution in [-0.2, 0) is 11.3 Å². The maximum Gasteiger partial charge on any atom is 0.387 e. The molecule has 0 aliphatic heterocycles. The van der Waals surface area contributed by atoms with Gasteiger partial charge in [0.05, 0.1) is 25.5 Å². The maximum atomic E-state index is 12.4. The van der Waals surface area contributed by atoms with Crippen LogP contribution in [0.2, 0.25) is 0 Å². The van der Waals surface area contributed by atoms with Gasteiger partial charge >= 0.3 is 12.6 Å². The standard InChI is InChI=1S/C20H17F2NO5S/c1-25-15-6-3-12(4-7-15)18-23-14(11-29-18)10-27-19(24)13-5-8-16(28-20(21)22)17(9-13)26-2/h3-9,11,20H,10H2,1-2H3. The first-order chi connectivity index (χ1) is 14.0. The van der Waals surface area contributed by atoms with Gasteiger partial charge < -0.3 is 18.9 Å². The number of rotatable bonds is 8. The van der Waals surface area contributed by atoms with Crippen molar-refractivity contribution >= 4 is 17.3 Å². The lowest BCUT2D eigenvalue weighted by Gasteiger charge is -2.11. The third kappa shape index (κ3) is 5.20. The number of alkyl halides is 2. The molecule has 0 N–H and O–H groups in total. The van der Waals surface area contributed by atoms with Gasteiger partial charge in [-0.1, -0.05) is 0 Å². The molecule has 1 heterocycles. The minimum absolute atomic E-state index is 0.00944. The summed E-state index contributed by atoms with van der Waals surface area (Å²) in [6, 6.07) is 11.3. The molecule has 3 aromatic rings. The van der Waals surface area contributed by atoms with E-state index in [1.54, 1.807) is 12.5 Å². The highest BCUT2D eigenvalue weighted by Crippen LogP contribution is 2.30. The summed E-state index contributed by atoms with van der Waals surface area (Å²) in [6.45, 7) is -3.02. The van der Waals surface area contributed by atoms with E-state index in [2.05, 4.69) is 9.72 Å². The Morgan fingerprint density at radius 1 is 1.07 bits per heavy atom. The number of carbonyl (C=O) groups excluding carboxylic acids is 1. The van der Waals surface area contributed by atoms with Crippen LogP contribution in [0.5, 0.6) is 17.2 Å². The van der Waals surface area contributed by atoms with Crippen LogP contribution in [0.25, 0.3) is 10.6 Å². The number of carbonyl (C=O) groups is 1. The zero-order chi connectivity index (χ0) is 20.8. The Morgan fingerprint density at radius 3 is 2.48 bits per heavy atom. The molecule has 29 heavy (non-hydrogen) atoms. The molecule has 152 valence electrons. The average Bonchev–Trinajstić information content (AvgIpc) is 3.21. The van der Waals surface area contributed by atoms with Crippen LogP contribution in [0.15, 0.2) is 47.8 Å². The predicted octanol–water partition coefficient (Wildman–Crippen LogP) is 4.79. The second-order valence-corrected chi connectivity index (χ2v) is 6.55. The van der Waals surface area contributed by atoms with Gasteiger partial charge in [0.15, 0.2) is 11.5 Å². The summed E-state index contributed by atoms with van der Waals surface area (Å²) < 4.78 is 44.5. The van der Waals surface area contributed by atoms with Gasteiger partial charge in [0, 0.05) is 10.9 Å². The Morgan fingerprint density at radius 2 is 1.83 bits per heavy atom. The Bertz CT molecular complexity index is 975. The Hall–Kier alpha value is -3.20. The molecule has 0 fully saturated rings. The van der Waals surface area contributed by atoms with E-state index in [4.69, 9.17) is 14.2 Å². The zero-order valence-electron chi connectivity index (χ0n) is 15.6. The fourth-order valence-electron chi connectivity index (χ4n) is 2.45. The van der Waals surface area contributed by atoms with Gasteiger partial charge in [0.2, 0.25) is 0 Å². The van der Waals surface area contributed by atoms with Gasteiger partial charge in [-0.05, 0) is 42.5 Å². The number of nitrogens with zero attached hydrogens (tertiary/aromatic N) is 1. The largest absolute Gasteiger partial charge is 0.497 e. The van der Waals surface area contributed by atoms with E-state index in [0.29, 0.717) is 5.69 Å². The van der Waals surface area contributed by atoms with Gasteiger partial charge in [0.1, 0.15) is 17.4 Å². The number of esters is 1. The van der Waals surface area contributed by atoms with E-state index in [1.165, 1.54) is 36.6 Å². The SMILES string of the molecule is COc1ccc(-c2nc(COC(=O)c3ccc(OC(F)F)c(OC)c3)cs2)cc1. The number of ether oxygens (including phenoxy) is 4. The van der Waals surface area contributed by atoms with Crippen LogP contribution in [0.1, 0.15) is 16.1 Å². The molecular weight excluding hydrogens is 404 g/mol. The molecule has 0 saturated carbocycles. The Kier molecular flexibility index (Phi) is 6.61. The normalized spacial score (nSPS) is 10.7. The third-order valence-corrected chi connectivity index (χ3v) is 4.80. The van der Waals surface area contributed by atoms with E-state index in [9.17, 15) is 13.6 Å². The summed E-state index contributed by atoms with van der Waals surface area (Å²) in [5.41, 5.74) is 1.67. The molecule has 1 aromatic heterocycles. The fraction of sp³-hybridized carbons (Fsp3) is 0.200. The van der Waals surface area contributed by atoms with Gasteiger partial charge in [-0.3, -0.25) is 0 Å². The zero-order valence-corrected chi connectivity index (χ0v) is 16.4. The van der Waals surface area contributed by atoms with E-state index < -0.39 is 12.6 Å². The molecule has 3 rings (SSSR count). The van der Waals surface area contributed by atoms with Crippen molar-refractivity contribution in [3.63, 3.8) is 0 Å². The molecule has 6 nitrogen and oxygen atoms in total. The molecular formula is C20H17F2NO5S. The quantitative estimate of drug-likeness (QED) is 0.488. The highest BCUT2D eigenvalue weighted by Gasteiger charge is 2.16. The van der Waals surface area contributed by atoms with Crippen LogP contribution in [0.3, 0.4) is 0 Å². The van der Waals surface area contributed by atoms with E-state index in [0.717, 1.165) is 16.3 Å². The van der Waals surface area contributed by atoms with Crippen LogP contribution >= 0.6 is 11.3 Å². The predicted molar refractivity (Wildman–Crippen MR) is 103 cm³/mol. The van der Waals surface area contributed by atoms with Gasteiger partial charge in [-0.2, -0.15) is 8.78 Å². The van der Waals surface area contributed by atoms with Crippen molar-refractivity contribution in [2.45, 2.75) is 13.2 Å². The highest BCUT2D eigenvalue weighted by molar-refractivity contribution is 7.13. The first kappa shape index (κ1) is 20.5. The number of benzene rings is 2. The molecule has 2 aromatic carbocycles. The van der Waals surface area contributed by atoms with Crippen LogP contribution in [0.4, 0.5) is 8.78 Å². The fourth-order valence-corrected chi connectivity index (χ4v) is 3.26. The summed E-state index contributed by atoms with van der Waals surface area (Å²) in [6.07, 6.45) is 0. The third-order valence-electron chi connectivity index (χ3n) is 3.86. The van der Waals surface area contributed by atoms with Crippen molar-refractivity contribution in [2.24, 2.45) is 0 Å². The van der Waals surface area contributed by atoms with Crippen LogP contribution < -0.4 is 14.2 Å². The molecule has 0 atom stereocenters. The van der Waals surface area contributed by atoms with E-state index in [-0.39, 0.29) is 23.7 Å². The first-order valence-electron chi connectivity index (χ1n) is 8.39. The number of thiazole rings is 1. The van der Waals surface area contributed by atoms with Crippen molar-refractivity contribution in [3.8, 4) is 27.8 Å². The molecule has 0 amide bonds. The summed E-state index contributed by atoms with van der Waals surface area (Å²) in [5, 5.41) is 2.58. The van der Waals surface area contributed by atoms with E-state index in [1.807, 2.05) is 24.3 Å². The molecule has 0 radical (unpaired) electrons. The Balaban J connectivity index is 1.64.